The zero-order valence-corrected chi connectivity index (χ0v) is 10.2. The molecule has 1 atom stereocenters. The van der Waals surface area contributed by atoms with Gasteiger partial charge < -0.3 is 0 Å². The maximum absolute atomic E-state index is 13.1. The highest BCUT2D eigenvalue weighted by molar-refractivity contribution is 9.09. The van der Waals surface area contributed by atoms with Crippen LogP contribution in [0.4, 0.5) is 13.2 Å². The Balaban J connectivity index is 2.36. The lowest BCUT2D eigenvalue weighted by atomic mass is 10.0. The van der Waals surface area contributed by atoms with E-state index in [0.29, 0.717) is 11.1 Å². The summed E-state index contributed by atoms with van der Waals surface area (Å²) in [5.74, 6) is -2.18. The largest absolute Gasteiger partial charge is 0.207 e. The Morgan fingerprint density at radius 3 is 2.18 bits per heavy atom. The summed E-state index contributed by atoms with van der Waals surface area (Å²) >= 11 is 3.33. The monoisotopic (exact) mass is 300 g/mol. The van der Waals surface area contributed by atoms with E-state index in [0.717, 1.165) is 12.1 Å². The number of benzene rings is 2. The van der Waals surface area contributed by atoms with Crippen LogP contribution in [0.25, 0.3) is 0 Å². The molecular formula is C13H8BrF3. The van der Waals surface area contributed by atoms with Crippen molar-refractivity contribution in [3.05, 3.63) is 71.0 Å². The smallest absolute Gasteiger partial charge is 0.159 e. The summed E-state index contributed by atoms with van der Waals surface area (Å²) in [7, 11) is 0. The normalized spacial score (nSPS) is 12.5. The predicted octanol–water partition coefficient (Wildman–Crippen LogP) is 4.59. The fraction of sp³-hybridized carbons (Fsp3) is 0.0769. The number of rotatable bonds is 2. The van der Waals surface area contributed by atoms with E-state index in [1.807, 2.05) is 0 Å². The Morgan fingerprint density at radius 1 is 0.824 bits per heavy atom. The van der Waals surface area contributed by atoms with Gasteiger partial charge >= 0.3 is 0 Å². The van der Waals surface area contributed by atoms with Crippen LogP contribution >= 0.6 is 15.9 Å². The van der Waals surface area contributed by atoms with Gasteiger partial charge in [0.1, 0.15) is 5.82 Å². The van der Waals surface area contributed by atoms with Gasteiger partial charge in [-0.05, 0) is 35.4 Å². The molecule has 0 heterocycles. The van der Waals surface area contributed by atoms with Crippen molar-refractivity contribution in [3.63, 3.8) is 0 Å². The minimum absolute atomic E-state index is 0.366. The quantitative estimate of drug-likeness (QED) is 0.712. The Kier molecular flexibility index (Phi) is 3.52. The van der Waals surface area contributed by atoms with Crippen molar-refractivity contribution < 1.29 is 13.2 Å². The molecule has 0 saturated carbocycles. The third-order valence-electron chi connectivity index (χ3n) is 2.38. The first-order valence-corrected chi connectivity index (χ1v) is 5.84. The summed E-state index contributed by atoms with van der Waals surface area (Å²) in [4.78, 5) is -0.367. The van der Waals surface area contributed by atoms with E-state index in [-0.39, 0.29) is 10.6 Å². The van der Waals surface area contributed by atoms with E-state index in [2.05, 4.69) is 15.9 Å². The van der Waals surface area contributed by atoms with E-state index in [4.69, 9.17) is 0 Å². The Labute approximate surface area is 105 Å². The van der Waals surface area contributed by atoms with Crippen molar-refractivity contribution >= 4 is 15.9 Å². The van der Waals surface area contributed by atoms with Crippen LogP contribution in [0.3, 0.4) is 0 Å². The standard InChI is InChI=1S/C13H8BrF3/c14-13(8-2-1-3-10(15)6-8)9-4-5-11(16)12(17)7-9/h1-7,13H. The molecule has 0 bridgehead atoms. The van der Waals surface area contributed by atoms with E-state index in [1.54, 1.807) is 12.1 Å². The van der Waals surface area contributed by atoms with Gasteiger partial charge in [-0.1, -0.05) is 34.1 Å². The zero-order chi connectivity index (χ0) is 12.4. The minimum atomic E-state index is -0.914. The van der Waals surface area contributed by atoms with Crippen molar-refractivity contribution in [1.29, 1.82) is 0 Å². The van der Waals surface area contributed by atoms with E-state index in [1.165, 1.54) is 18.2 Å². The number of halogens is 4. The second kappa shape index (κ2) is 4.92. The first-order valence-electron chi connectivity index (χ1n) is 4.92. The highest BCUT2D eigenvalue weighted by Gasteiger charge is 2.13. The van der Waals surface area contributed by atoms with Crippen LogP contribution < -0.4 is 0 Å². The minimum Gasteiger partial charge on any atom is -0.207 e. The molecule has 2 aromatic carbocycles. The van der Waals surface area contributed by atoms with Gasteiger partial charge in [-0.25, -0.2) is 13.2 Å². The average Bonchev–Trinajstić information content (AvgIpc) is 2.32. The fourth-order valence-corrected chi connectivity index (χ4v) is 2.10. The molecule has 0 nitrogen and oxygen atoms in total. The predicted molar refractivity (Wildman–Crippen MR) is 63.5 cm³/mol. The van der Waals surface area contributed by atoms with Crippen LogP contribution in [-0.4, -0.2) is 0 Å². The maximum atomic E-state index is 13.1. The molecule has 0 aliphatic rings. The summed E-state index contributed by atoms with van der Waals surface area (Å²) < 4.78 is 38.9. The highest BCUT2D eigenvalue weighted by Crippen LogP contribution is 2.31. The lowest BCUT2D eigenvalue weighted by Gasteiger charge is -2.11. The number of alkyl halides is 1. The van der Waals surface area contributed by atoms with Gasteiger partial charge in [0.15, 0.2) is 11.6 Å². The molecule has 0 radical (unpaired) electrons. The van der Waals surface area contributed by atoms with Crippen LogP contribution in [0, 0.1) is 17.5 Å². The van der Waals surface area contributed by atoms with Gasteiger partial charge in [0.2, 0.25) is 0 Å². The van der Waals surface area contributed by atoms with Crippen LogP contribution in [0.2, 0.25) is 0 Å². The molecule has 0 amide bonds. The Bertz CT molecular complexity index is 540. The van der Waals surface area contributed by atoms with Gasteiger partial charge in [-0.15, -0.1) is 0 Å². The lowest BCUT2D eigenvalue weighted by Crippen LogP contribution is -1.95. The molecule has 0 fully saturated rings. The fourth-order valence-electron chi connectivity index (χ4n) is 1.53. The van der Waals surface area contributed by atoms with Crippen molar-refractivity contribution in [2.45, 2.75) is 4.83 Å². The van der Waals surface area contributed by atoms with Crippen LogP contribution in [-0.2, 0) is 0 Å². The van der Waals surface area contributed by atoms with Gasteiger partial charge in [-0.2, -0.15) is 0 Å². The number of hydrogen-bond acceptors (Lipinski definition) is 0. The van der Waals surface area contributed by atoms with Crippen molar-refractivity contribution in [2.75, 3.05) is 0 Å². The SMILES string of the molecule is Fc1cccc(C(Br)c2ccc(F)c(F)c2)c1. The molecule has 2 aromatic rings. The molecule has 17 heavy (non-hydrogen) atoms. The Morgan fingerprint density at radius 2 is 1.53 bits per heavy atom. The van der Waals surface area contributed by atoms with Gasteiger partial charge in [0.05, 0.1) is 4.83 Å². The highest BCUT2D eigenvalue weighted by atomic mass is 79.9. The molecule has 0 aliphatic carbocycles. The summed E-state index contributed by atoms with van der Waals surface area (Å²) in [6, 6.07) is 9.57. The average molecular weight is 301 g/mol. The van der Waals surface area contributed by atoms with Gasteiger partial charge in [0, 0.05) is 0 Å². The molecular weight excluding hydrogens is 293 g/mol. The van der Waals surface area contributed by atoms with Gasteiger partial charge in [-0.3, -0.25) is 0 Å². The van der Waals surface area contributed by atoms with Crippen LogP contribution in [0.15, 0.2) is 42.5 Å². The summed E-state index contributed by atoms with van der Waals surface area (Å²) in [6.07, 6.45) is 0. The molecule has 88 valence electrons. The second-order valence-corrected chi connectivity index (χ2v) is 4.51. The second-order valence-electron chi connectivity index (χ2n) is 3.59. The molecule has 0 aromatic heterocycles. The van der Waals surface area contributed by atoms with E-state index < -0.39 is 11.6 Å². The topological polar surface area (TPSA) is 0 Å². The van der Waals surface area contributed by atoms with Crippen LogP contribution in [0.1, 0.15) is 16.0 Å². The third kappa shape index (κ3) is 2.69. The molecule has 0 saturated heterocycles. The molecule has 0 spiro atoms. The lowest BCUT2D eigenvalue weighted by molar-refractivity contribution is 0.507. The summed E-state index contributed by atoms with van der Waals surface area (Å²) in [6.45, 7) is 0. The van der Waals surface area contributed by atoms with E-state index in [9.17, 15) is 13.2 Å². The maximum Gasteiger partial charge on any atom is 0.159 e. The van der Waals surface area contributed by atoms with Crippen LogP contribution in [0.5, 0.6) is 0 Å². The number of hydrogen-bond donors (Lipinski definition) is 0. The molecule has 0 aliphatic heterocycles. The Hall–Kier alpha value is -1.29. The first kappa shape index (κ1) is 12.2. The molecule has 1 unspecified atom stereocenters. The van der Waals surface area contributed by atoms with Crippen molar-refractivity contribution in [3.8, 4) is 0 Å². The van der Waals surface area contributed by atoms with Gasteiger partial charge in [0.25, 0.3) is 0 Å². The molecule has 4 heteroatoms. The zero-order valence-electron chi connectivity index (χ0n) is 8.63. The van der Waals surface area contributed by atoms with E-state index >= 15 is 0 Å². The third-order valence-corrected chi connectivity index (χ3v) is 3.43. The molecule has 0 N–H and O–H groups in total. The first-order chi connectivity index (χ1) is 8.08. The molecule has 2 rings (SSSR count). The summed E-state index contributed by atoms with van der Waals surface area (Å²) in [5, 5.41) is 0. The van der Waals surface area contributed by atoms with Crippen molar-refractivity contribution in [2.24, 2.45) is 0 Å². The summed E-state index contributed by atoms with van der Waals surface area (Å²) in [5.41, 5.74) is 1.19. The van der Waals surface area contributed by atoms with Crippen molar-refractivity contribution in [1.82, 2.24) is 0 Å².